The van der Waals surface area contributed by atoms with Crippen molar-refractivity contribution in [1.29, 1.82) is 0 Å². The van der Waals surface area contributed by atoms with E-state index in [1.54, 1.807) is 6.92 Å². The Hall–Kier alpha value is -2.24. The summed E-state index contributed by atoms with van der Waals surface area (Å²) < 4.78 is 31.4. The van der Waals surface area contributed by atoms with E-state index in [4.69, 9.17) is 9.52 Å². The normalized spacial score (nSPS) is 16.1. The molecule has 0 aliphatic carbocycles. The number of hydrogen-bond donors (Lipinski definition) is 1. The average molecular weight is 385 g/mol. The maximum Gasteiger partial charge on any atom is 0.336 e. The number of aryl methyl sites for hydroxylation is 1. The number of carbonyl (C=O) groups is 2. The molecule has 1 fully saturated rings. The van der Waals surface area contributed by atoms with E-state index in [1.807, 2.05) is 0 Å². The standard InChI is InChI=1S/C14H15N3O6S2/c1-9-12(15-8-23-9)13(18)16-2-4-17(5-3-16)25(21,22)11-6-10(7-24-11)14(19)20/h6-8H,2-5H2,1H3,(H,19,20). The molecule has 1 amide bonds. The molecular formula is C14H15N3O6S2. The van der Waals surface area contributed by atoms with Crippen LogP contribution < -0.4 is 0 Å². The fourth-order valence-corrected chi connectivity index (χ4v) is 5.21. The van der Waals surface area contributed by atoms with Gasteiger partial charge in [0.05, 0.1) is 5.56 Å². The zero-order valence-electron chi connectivity index (χ0n) is 13.2. The summed E-state index contributed by atoms with van der Waals surface area (Å²) in [6.07, 6.45) is 1.19. The van der Waals surface area contributed by atoms with Crippen molar-refractivity contribution < 1.29 is 27.5 Å². The molecule has 0 spiro atoms. The molecule has 2 aromatic heterocycles. The number of carboxylic acids is 1. The first kappa shape index (κ1) is 17.6. The first-order valence-electron chi connectivity index (χ1n) is 7.32. The number of aromatic carboxylic acids is 1. The smallest absolute Gasteiger partial charge is 0.336 e. The van der Waals surface area contributed by atoms with Gasteiger partial charge in [0.1, 0.15) is 9.97 Å². The van der Waals surface area contributed by atoms with Crippen LogP contribution in [0.2, 0.25) is 0 Å². The number of carbonyl (C=O) groups excluding carboxylic acids is 1. The number of rotatable bonds is 4. The molecule has 0 aromatic carbocycles. The van der Waals surface area contributed by atoms with Crippen molar-refractivity contribution >= 4 is 33.2 Å². The zero-order chi connectivity index (χ0) is 18.2. The highest BCUT2D eigenvalue weighted by atomic mass is 32.2. The van der Waals surface area contributed by atoms with E-state index in [1.165, 1.54) is 21.0 Å². The summed E-state index contributed by atoms with van der Waals surface area (Å²) in [5.41, 5.74) is 0.166. The van der Waals surface area contributed by atoms with Gasteiger partial charge in [-0.2, -0.15) is 4.31 Å². The van der Waals surface area contributed by atoms with E-state index in [0.29, 0.717) is 5.76 Å². The van der Waals surface area contributed by atoms with Gasteiger partial charge in [-0.15, -0.1) is 11.3 Å². The fourth-order valence-electron chi connectivity index (χ4n) is 2.48. The number of aromatic nitrogens is 1. The minimum absolute atomic E-state index is 0.0166. The zero-order valence-corrected chi connectivity index (χ0v) is 14.8. The minimum Gasteiger partial charge on any atom is -0.478 e. The number of nitrogens with zero attached hydrogens (tertiary/aromatic N) is 3. The topological polar surface area (TPSA) is 121 Å². The molecule has 25 heavy (non-hydrogen) atoms. The first-order valence-corrected chi connectivity index (χ1v) is 9.64. The second kappa shape index (κ2) is 6.58. The molecule has 1 saturated heterocycles. The average Bonchev–Trinajstić information content (AvgIpc) is 3.23. The van der Waals surface area contributed by atoms with Crippen LogP contribution >= 0.6 is 11.3 Å². The predicted molar refractivity (Wildman–Crippen MR) is 87.2 cm³/mol. The van der Waals surface area contributed by atoms with Crippen LogP contribution in [0.25, 0.3) is 0 Å². The summed E-state index contributed by atoms with van der Waals surface area (Å²) in [5, 5.41) is 10.2. The lowest BCUT2D eigenvalue weighted by atomic mass is 10.3. The highest BCUT2D eigenvalue weighted by molar-refractivity contribution is 7.91. The van der Waals surface area contributed by atoms with Crippen molar-refractivity contribution in [1.82, 2.24) is 14.2 Å². The largest absolute Gasteiger partial charge is 0.478 e. The molecule has 0 bridgehead atoms. The Morgan fingerprint density at radius 2 is 1.96 bits per heavy atom. The van der Waals surface area contributed by atoms with Crippen molar-refractivity contribution in [3.05, 3.63) is 34.9 Å². The lowest BCUT2D eigenvalue weighted by molar-refractivity contribution is 0.0684. The molecule has 1 N–H and O–H groups in total. The third-order valence-corrected chi connectivity index (χ3v) is 7.20. The van der Waals surface area contributed by atoms with Crippen LogP contribution in [0, 0.1) is 6.92 Å². The van der Waals surface area contributed by atoms with Crippen LogP contribution in [0.15, 0.2) is 26.5 Å². The lowest BCUT2D eigenvalue weighted by Crippen LogP contribution is -2.50. The van der Waals surface area contributed by atoms with E-state index in [2.05, 4.69) is 4.98 Å². The van der Waals surface area contributed by atoms with E-state index in [-0.39, 0.29) is 47.6 Å². The maximum atomic E-state index is 12.6. The van der Waals surface area contributed by atoms with Crippen LogP contribution in [0.5, 0.6) is 0 Å². The van der Waals surface area contributed by atoms with Gasteiger partial charge in [-0.3, -0.25) is 4.79 Å². The van der Waals surface area contributed by atoms with Gasteiger partial charge in [0.15, 0.2) is 12.1 Å². The van der Waals surface area contributed by atoms with Gasteiger partial charge in [-0.1, -0.05) is 0 Å². The second-order valence-electron chi connectivity index (χ2n) is 5.41. The number of amides is 1. The minimum atomic E-state index is -3.77. The molecule has 11 heteroatoms. The SMILES string of the molecule is Cc1ocnc1C(=O)N1CCN(S(=O)(=O)c2cc(C(=O)O)cs2)CC1. The highest BCUT2D eigenvalue weighted by Crippen LogP contribution is 2.25. The number of thiophene rings is 1. The molecule has 0 radical (unpaired) electrons. The molecule has 9 nitrogen and oxygen atoms in total. The van der Waals surface area contributed by atoms with Gasteiger partial charge in [0.2, 0.25) is 0 Å². The Bertz CT molecular complexity index is 909. The number of oxazole rings is 1. The summed E-state index contributed by atoms with van der Waals surface area (Å²) in [4.78, 5) is 28.7. The Morgan fingerprint density at radius 1 is 1.28 bits per heavy atom. The van der Waals surface area contributed by atoms with Crippen molar-refractivity contribution in [3.63, 3.8) is 0 Å². The van der Waals surface area contributed by atoms with Crippen molar-refractivity contribution in [2.45, 2.75) is 11.1 Å². The summed E-state index contributed by atoms with van der Waals surface area (Å²) >= 11 is 0.872. The highest BCUT2D eigenvalue weighted by Gasteiger charge is 2.32. The number of piperazine rings is 1. The van der Waals surface area contributed by atoms with E-state index >= 15 is 0 Å². The molecule has 134 valence electrons. The van der Waals surface area contributed by atoms with Gasteiger partial charge in [-0.05, 0) is 13.0 Å². The van der Waals surface area contributed by atoms with Gasteiger partial charge in [0.25, 0.3) is 15.9 Å². The monoisotopic (exact) mass is 385 g/mol. The molecular weight excluding hydrogens is 370 g/mol. The van der Waals surface area contributed by atoms with Gasteiger partial charge < -0.3 is 14.4 Å². The third-order valence-electron chi connectivity index (χ3n) is 3.89. The summed E-state index contributed by atoms with van der Waals surface area (Å²) in [7, 11) is -3.77. The number of carboxylic acid groups (broad SMARTS) is 1. The summed E-state index contributed by atoms with van der Waals surface area (Å²) in [5.74, 6) is -1.05. The molecule has 0 saturated carbocycles. The van der Waals surface area contributed by atoms with E-state index in [9.17, 15) is 18.0 Å². The first-order chi connectivity index (χ1) is 11.8. The Labute approximate surface area is 147 Å². The lowest BCUT2D eigenvalue weighted by Gasteiger charge is -2.33. The van der Waals surface area contributed by atoms with Crippen LogP contribution in [-0.4, -0.2) is 65.8 Å². The Morgan fingerprint density at radius 3 is 2.48 bits per heavy atom. The summed E-state index contributed by atoms with van der Waals surface area (Å²) in [6.45, 7) is 2.34. The molecule has 1 aliphatic heterocycles. The Balaban J connectivity index is 1.70. The second-order valence-corrected chi connectivity index (χ2v) is 8.49. The number of sulfonamides is 1. The van der Waals surface area contributed by atoms with E-state index < -0.39 is 16.0 Å². The summed E-state index contributed by atoms with van der Waals surface area (Å²) in [6, 6.07) is 1.15. The third kappa shape index (κ3) is 3.30. The Kier molecular flexibility index (Phi) is 4.62. The molecule has 3 heterocycles. The van der Waals surface area contributed by atoms with Gasteiger partial charge in [-0.25, -0.2) is 18.2 Å². The van der Waals surface area contributed by atoms with Crippen molar-refractivity contribution in [3.8, 4) is 0 Å². The quantitative estimate of drug-likeness (QED) is 0.829. The molecule has 1 aliphatic rings. The molecule has 3 rings (SSSR count). The van der Waals surface area contributed by atoms with Crippen molar-refractivity contribution in [2.75, 3.05) is 26.2 Å². The molecule has 0 unspecified atom stereocenters. The van der Waals surface area contributed by atoms with E-state index in [0.717, 1.165) is 17.4 Å². The predicted octanol–water partition coefficient (Wildman–Crippen LogP) is 0.889. The maximum absolute atomic E-state index is 12.6. The fraction of sp³-hybridized carbons (Fsp3) is 0.357. The van der Waals surface area contributed by atoms with Crippen LogP contribution in [0.1, 0.15) is 26.6 Å². The van der Waals surface area contributed by atoms with Crippen LogP contribution in [0.3, 0.4) is 0 Å². The van der Waals surface area contributed by atoms with Gasteiger partial charge in [0, 0.05) is 31.6 Å². The molecule has 0 atom stereocenters. The van der Waals surface area contributed by atoms with Crippen LogP contribution in [0.4, 0.5) is 0 Å². The van der Waals surface area contributed by atoms with Gasteiger partial charge >= 0.3 is 5.97 Å². The number of hydrogen-bond acceptors (Lipinski definition) is 7. The van der Waals surface area contributed by atoms with Crippen LogP contribution in [-0.2, 0) is 10.0 Å². The molecule has 2 aromatic rings. The van der Waals surface area contributed by atoms with Crippen molar-refractivity contribution in [2.24, 2.45) is 0 Å².